The Bertz CT molecular complexity index is 681. The highest BCUT2D eigenvalue weighted by atomic mass is 16.1. The van der Waals surface area contributed by atoms with Gasteiger partial charge in [0.05, 0.1) is 5.69 Å². The van der Waals surface area contributed by atoms with Crippen LogP contribution in [0.5, 0.6) is 0 Å². The highest BCUT2D eigenvalue weighted by molar-refractivity contribution is 5.37. The normalized spacial score (nSPS) is 23.5. The first-order valence-corrected chi connectivity index (χ1v) is 7.54. The molecule has 2 unspecified atom stereocenters. The van der Waals surface area contributed by atoms with Gasteiger partial charge in [-0.3, -0.25) is 9.20 Å². The summed E-state index contributed by atoms with van der Waals surface area (Å²) in [6, 6.07) is 8.34. The predicted molar refractivity (Wildman–Crippen MR) is 83.4 cm³/mol. The molecule has 1 aliphatic heterocycles. The van der Waals surface area contributed by atoms with Gasteiger partial charge in [0.2, 0.25) is 0 Å². The Labute approximate surface area is 124 Å². The van der Waals surface area contributed by atoms with Gasteiger partial charge in [-0.05, 0) is 45.5 Å². The largest absolute Gasteiger partial charge is 0.308 e. The van der Waals surface area contributed by atoms with E-state index in [2.05, 4.69) is 29.2 Å². The molecule has 0 saturated carbocycles. The number of fused-ring (bicyclic) bond motifs is 1. The second kappa shape index (κ2) is 5.95. The molecule has 0 aliphatic carbocycles. The maximum Gasteiger partial charge on any atom is 0.258 e. The first-order chi connectivity index (χ1) is 10.1. The smallest absolute Gasteiger partial charge is 0.258 e. The fourth-order valence-electron chi connectivity index (χ4n) is 2.92. The van der Waals surface area contributed by atoms with E-state index in [1.807, 2.05) is 18.2 Å². The predicted octanol–water partition coefficient (Wildman–Crippen LogP) is 1.27. The third-order valence-corrected chi connectivity index (χ3v) is 4.40. The van der Waals surface area contributed by atoms with Crippen LogP contribution in [0.4, 0.5) is 0 Å². The van der Waals surface area contributed by atoms with Crippen molar-refractivity contribution in [2.24, 2.45) is 0 Å². The molecule has 2 aromatic rings. The molecule has 1 N–H and O–H groups in total. The molecule has 21 heavy (non-hydrogen) atoms. The fourth-order valence-corrected chi connectivity index (χ4v) is 2.92. The zero-order valence-corrected chi connectivity index (χ0v) is 12.6. The Kier molecular flexibility index (Phi) is 4.03. The van der Waals surface area contributed by atoms with Crippen LogP contribution in [-0.4, -0.2) is 40.0 Å². The molecule has 3 rings (SSSR count). The highest BCUT2D eigenvalue weighted by Crippen LogP contribution is 2.15. The Morgan fingerprint density at radius 3 is 3.10 bits per heavy atom. The van der Waals surface area contributed by atoms with Crippen LogP contribution in [0.15, 0.2) is 35.3 Å². The molecule has 0 radical (unpaired) electrons. The molecule has 1 saturated heterocycles. The number of nitrogens with zero attached hydrogens (tertiary/aromatic N) is 3. The highest BCUT2D eigenvalue weighted by Gasteiger charge is 2.22. The minimum absolute atomic E-state index is 0.0193. The molecule has 3 heterocycles. The molecule has 2 aromatic heterocycles. The van der Waals surface area contributed by atoms with Gasteiger partial charge < -0.3 is 10.2 Å². The third kappa shape index (κ3) is 3.14. The van der Waals surface area contributed by atoms with Crippen molar-refractivity contribution in [1.82, 2.24) is 19.6 Å². The fraction of sp³-hybridized carbons (Fsp3) is 0.500. The number of likely N-dealkylation sites (tertiary alicyclic amines) is 1. The quantitative estimate of drug-likeness (QED) is 0.923. The molecule has 1 fully saturated rings. The van der Waals surface area contributed by atoms with E-state index in [9.17, 15) is 4.79 Å². The molecule has 0 aromatic carbocycles. The number of pyridine rings is 1. The first-order valence-electron chi connectivity index (χ1n) is 7.54. The third-order valence-electron chi connectivity index (χ3n) is 4.40. The molecule has 2 atom stereocenters. The van der Waals surface area contributed by atoms with Gasteiger partial charge in [-0.1, -0.05) is 6.07 Å². The zero-order chi connectivity index (χ0) is 14.8. The van der Waals surface area contributed by atoms with Gasteiger partial charge in [-0.2, -0.15) is 0 Å². The number of nitrogens with one attached hydrogen (secondary N) is 1. The van der Waals surface area contributed by atoms with E-state index in [0.717, 1.165) is 25.1 Å². The first kappa shape index (κ1) is 14.2. The van der Waals surface area contributed by atoms with Crippen LogP contribution in [0.1, 0.15) is 25.5 Å². The zero-order valence-electron chi connectivity index (χ0n) is 12.6. The van der Waals surface area contributed by atoms with Gasteiger partial charge in [-0.25, -0.2) is 4.98 Å². The summed E-state index contributed by atoms with van der Waals surface area (Å²) in [7, 11) is 2.17. The van der Waals surface area contributed by atoms with E-state index in [1.165, 1.54) is 0 Å². The summed E-state index contributed by atoms with van der Waals surface area (Å²) >= 11 is 0. The molecule has 112 valence electrons. The maximum atomic E-state index is 12.0. The monoisotopic (exact) mass is 286 g/mol. The topological polar surface area (TPSA) is 49.6 Å². The lowest BCUT2D eigenvalue weighted by Gasteiger charge is -2.35. The van der Waals surface area contributed by atoms with Crippen molar-refractivity contribution in [1.29, 1.82) is 0 Å². The van der Waals surface area contributed by atoms with Crippen LogP contribution in [0.3, 0.4) is 0 Å². The SMILES string of the molecule is CC1CC(NCc2cc(=O)n3ccccc3n2)CCN1C. The van der Waals surface area contributed by atoms with E-state index in [0.29, 0.717) is 24.3 Å². The van der Waals surface area contributed by atoms with E-state index >= 15 is 0 Å². The number of hydrogen-bond donors (Lipinski definition) is 1. The van der Waals surface area contributed by atoms with E-state index in [1.54, 1.807) is 16.7 Å². The van der Waals surface area contributed by atoms with Gasteiger partial charge in [0.1, 0.15) is 5.65 Å². The number of hydrogen-bond acceptors (Lipinski definition) is 4. The summed E-state index contributed by atoms with van der Waals surface area (Å²) in [5.41, 5.74) is 1.51. The molecule has 5 heteroatoms. The Morgan fingerprint density at radius 2 is 2.29 bits per heavy atom. The summed E-state index contributed by atoms with van der Waals surface area (Å²) in [6.45, 7) is 4.03. The van der Waals surface area contributed by atoms with Crippen LogP contribution in [0, 0.1) is 0 Å². The van der Waals surface area contributed by atoms with Gasteiger partial charge in [0.15, 0.2) is 0 Å². The summed E-state index contributed by atoms with van der Waals surface area (Å²) in [5.74, 6) is 0. The maximum absolute atomic E-state index is 12.0. The Morgan fingerprint density at radius 1 is 1.43 bits per heavy atom. The minimum Gasteiger partial charge on any atom is -0.308 e. The minimum atomic E-state index is -0.0193. The van der Waals surface area contributed by atoms with Crippen LogP contribution in [0.25, 0.3) is 5.65 Å². The van der Waals surface area contributed by atoms with Crippen LogP contribution >= 0.6 is 0 Å². The number of piperidine rings is 1. The number of aromatic nitrogens is 2. The van der Waals surface area contributed by atoms with Crippen LogP contribution in [-0.2, 0) is 6.54 Å². The second-order valence-electron chi connectivity index (χ2n) is 5.95. The average Bonchev–Trinajstić information content (AvgIpc) is 2.49. The van der Waals surface area contributed by atoms with Crippen molar-refractivity contribution in [2.45, 2.75) is 38.4 Å². The van der Waals surface area contributed by atoms with E-state index in [-0.39, 0.29) is 5.56 Å². The lowest BCUT2D eigenvalue weighted by molar-refractivity contribution is 0.168. The molecular weight excluding hydrogens is 264 g/mol. The van der Waals surface area contributed by atoms with Gasteiger partial charge in [0.25, 0.3) is 5.56 Å². The molecular formula is C16H22N4O. The van der Waals surface area contributed by atoms with Crippen molar-refractivity contribution in [3.63, 3.8) is 0 Å². The lowest BCUT2D eigenvalue weighted by Crippen LogP contribution is -2.45. The van der Waals surface area contributed by atoms with Crippen molar-refractivity contribution in [2.75, 3.05) is 13.6 Å². The van der Waals surface area contributed by atoms with Crippen molar-refractivity contribution in [3.8, 4) is 0 Å². The molecule has 0 spiro atoms. The molecule has 0 amide bonds. The average molecular weight is 286 g/mol. The molecule has 0 bridgehead atoms. The summed E-state index contributed by atoms with van der Waals surface area (Å²) in [4.78, 5) is 19.0. The standard InChI is InChI=1S/C16H22N4O/c1-12-9-13(6-8-19(12)2)17-11-14-10-16(21)20-7-4-3-5-15(20)18-14/h3-5,7,10,12-13,17H,6,8-9,11H2,1-2H3. The molecule has 1 aliphatic rings. The number of rotatable bonds is 3. The Balaban J connectivity index is 1.70. The summed E-state index contributed by atoms with van der Waals surface area (Å²) in [6.07, 6.45) is 4.04. The Hall–Kier alpha value is -1.72. The summed E-state index contributed by atoms with van der Waals surface area (Å²) < 4.78 is 1.57. The second-order valence-corrected chi connectivity index (χ2v) is 5.95. The van der Waals surface area contributed by atoms with Crippen LogP contribution in [0.2, 0.25) is 0 Å². The van der Waals surface area contributed by atoms with Gasteiger partial charge in [0, 0.05) is 30.9 Å². The summed E-state index contributed by atoms with van der Waals surface area (Å²) in [5, 5.41) is 3.54. The van der Waals surface area contributed by atoms with Gasteiger partial charge >= 0.3 is 0 Å². The van der Waals surface area contributed by atoms with Crippen molar-refractivity contribution < 1.29 is 0 Å². The lowest BCUT2D eigenvalue weighted by atomic mass is 9.99. The van der Waals surface area contributed by atoms with Crippen LogP contribution < -0.4 is 10.9 Å². The van der Waals surface area contributed by atoms with Crippen molar-refractivity contribution in [3.05, 3.63) is 46.5 Å². The van der Waals surface area contributed by atoms with E-state index in [4.69, 9.17) is 0 Å². The van der Waals surface area contributed by atoms with E-state index < -0.39 is 0 Å². The van der Waals surface area contributed by atoms with Crippen molar-refractivity contribution >= 4 is 5.65 Å². The molecule has 5 nitrogen and oxygen atoms in total. The van der Waals surface area contributed by atoms with Gasteiger partial charge in [-0.15, -0.1) is 0 Å².